The summed E-state index contributed by atoms with van der Waals surface area (Å²) in [6, 6.07) is 60.5. The number of hydrogen-bond donors (Lipinski definition) is 0. The van der Waals surface area contributed by atoms with Crippen molar-refractivity contribution in [3.05, 3.63) is 228 Å². The van der Waals surface area contributed by atoms with Crippen LogP contribution in [-0.2, 0) is 80.9 Å². The number of aromatic nitrogens is 8. The van der Waals surface area contributed by atoms with Crippen molar-refractivity contribution in [2.75, 3.05) is 37.2 Å². The van der Waals surface area contributed by atoms with Crippen molar-refractivity contribution in [3.8, 4) is 11.8 Å². The summed E-state index contributed by atoms with van der Waals surface area (Å²) in [6.45, 7) is 12.8. The topological polar surface area (TPSA) is 203 Å². The van der Waals surface area contributed by atoms with Crippen LogP contribution in [0.15, 0.2) is 195 Å². The minimum atomic E-state index is -4.41. The molecule has 0 amide bonds. The summed E-state index contributed by atoms with van der Waals surface area (Å²) >= 11 is 0. The number of hydrogen-bond acceptors (Lipinski definition) is 19. The highest BCUT2D eigenvalue weighted by atomic mass is 31.2. The maximum Gasteiger partial charge on any atom is 0.475 e. The Balaban J connectivity index is 0.801. The van der Waals surface area contributed by atoms with Crippen LogP contribution in [0.5, 0.6) is 11.8 Å². The fraction of sp³-hybridized carbons (Fsp3) is 0.343. The second-order valence-electron chi connectivity index (χ2n) is 25.0. The van der Waals surface area contributed by atoms with Crippen molar-refractivity contribution in [2.45, 2.75) is 127 Å². The molecule has 9 atom stereocenters. The first kappa shape index (κ1) is 63.5. The van der Waals surface area contributed by atoms with Crippen molar-refractivity contribution in [2.24, 2.45) is 0 Å². The van der Waals surface area contributed by atoms with Gasteiger partial charge in [-0.2, -0.15) is 19.9 Å². The van der Waals surface area contributed by atoms with Crippen LogP contribution >= 0.6 is 7.82 Å². The van der Waals surface area contributed by atoms with Crippen LogP contribution in [0.3, 0.4) is 0 Å². The van der Waals surface area contributed by atoms with E-state index in [1.165, 1.54) is 0 Å². The third kappa shape index (κ3) is 14.2. The maximum atomic E-state index is 15.2. The highest BCUT2D eigenvalue weighted by Gasteiger charge is 2.57. The van der Waals surface area contributed by atoms with Crippen molar-refractivity contribution in [3.63, 3.8) is 0 Å². The minimum absolute atomic E-state index is 0.152. The fourth-order valence-corrected chi connectivity index (χ4v) is 14.4. The van der Waals surface area contributed by atoms with E-state index in [-0.39, 0.29) is 37.3 Å². The molecule has 4 aromatic heterocycles. The van der Waals surface area contributed by atoms with Gasteiger partial charge >= 0.3 is 7.82 Å². The monoisotopic (exact) mass is 1290 g/mol. The Morgan fingerprint density at radius 3 is 1.33 bits per heavy atom. The molecule has 0 aliphatic carbocycles. The predicted octanol–water partition coefficient (Wildman–Crippen LogP) is 13.0. The van der Waals surface area contributed by atoms with Crippen LogP contribution in [0.4, 0.5) is 11.9 Å². The molecule has 0 spiro atoms. The second-order valence-corrected chi connectivity index (χ2v) is 31.4. The number of anilines is 2. The largest absolute Gasteiger partial charge is 0.475 e. The van der Waals surface area contributed by atoms with Crippen LogP contribution in [0.2, 0.25) is 18.1 Å². The van der Waals surface area contributed by atoms with Gasteiger partial charge in [-0.25, -0.2) is 14.5 Å². The second kappa shape index (κ2) is 27.8. The molecule has 0 unspecified atom stereocenters. The van der Waals surface area contributed by atoms with Crippen molar-refractivity contribution in [1.82, 2.24) is 39.0 Å². The molecular formula is C70H77N10O11PSi. The van der Waals surface area contributed by atoms with Gasteiger partial charge in [-0.3, -0.25) is 22.7 Å². The van der Waals surface area contributed by atoms with E-state index in [2.05, 4.69) is 92.2 Å². The van der Waals surface area contributed by atoms with Gasteiger partial charge < -0.3 is 42.6 Å². The van der Waals surface area contributed by atoms with Gasteiger partial charge in [0, 0.05) is 40.4 Å². The van der Waals surface area contributed by atoms with Crippen molar-refractivity contribution < 1.29 is 51.0 Å². The number of rotatable bonds is 25. The Morgan fingerprint density at radius 2 is 0.935 bits per heavy atom. The van der Waals surface area contributed by atoms with E-state index < -0.39 is 65.2 Å². The van der Waals surface area contributed by atoms with Crippen LogP contribution in [-0.4, -0.2) is 111 Å². The van der Waals surface area contributed by atoms with Crippen molar-refractivity contribution >= 4 is 50.4 Å². The summed E-state index contributed by atoms with van der Waals surface area (Å²) in [5, 5.41) is -0.231. The molecule has 7 heterocycles. The zero-order chi connectivity index (χ0) is 64.1. The Labute approximate surface area is 542 Å². The lowest BCUT2D eigenvalue weighted by Crippen LogP contribution is -2.50. The Kier molecular flexibility index (Phi) is 18.9. The fourth-order valence-electron chi connectivity index (χ4n) is 11.7. The molecule has 3 aliphatic rings. The third-order valence-electron chi connectivity index (χ3n) is 17.6. The molecule has 3 saturated heterocycles. The molecule has 0 radical (unpaired) electrons. The molecule has 0 bridgehead atoms. The maximum absolute atomic E-state index is 15.2. The first-order valence-electron chi connectivity index (χ1n) is 31.3. The lowest BCUT2D eigenvalue weighted by molar-refractivity contribution is -0.0835. The Bertz CT molecular complexity index is 4060. The molecule has 482 valence electrons. The standard InChI is InChI=1S/C70H77N10O11PSi/c1-70(2,3)93(6,7)91-59-55(89-67(61(59)83-5)80-47-72-57-63(80)74-69(76-65(57)85-43-53-36-24-13-25-37-53)78(40-50-30-18-10-19-31-50)41-51-32-20-11-21-33-51)45-87-92(81)86-44-54-58(90-92)60(82-4)66(88-54)79-46-71-56-62(79)73-68(75-64(56)84-42-52-34-22-12-23-35-52)77(38-48-26-14-8-15-27-48)39-49-28-16-9-17-29-49/h8-37,46-47,54-55,58-61,66-67H,38-45H2,1-7H3/t54-,55-,58-,59-,60-,61-,66-,67-,92+/m1/s1. The molecule has 13 rings (SSSR count). The van der Waals surface area contributed by atoms with E-state index >= 15 is 4.57 Å². The summed E-state index contributed by atoms with van der Waals surface area (Å²) in [4.78, 5) is 34.7. The molecule has 93 heavy (non-hydrogen) atoms. The molecule has 0 N–H and O–H groups in total. The number of imidazole rings is 2. The van der Waals surface area contributed by atoms with Gasteiger partial charge in [0.05, 0.1) is 25.9 Å². The normalized spacial score (nSPS) is 22.3. The zero-order valence-corrected chi connectivity index (χ0v) is 55.1. The van der Waals surface area contributed by atoms with E-state index in [9.17, 15) is 0 Å². The lowest BCUT2D eigenvalue weighted by Gasteiger charge is -2.40. The number of benzene rings is 6. The predicted molar refractivity (Wildman–Crippen MR) is 354 cm³/mol. The number of phosphoric ester groups is 1. The molecule has 3 aliphatic heterocycles. The number of nitrogens with zero attached hydrogens (tertiary/aromatic N) is 10. The average Bonchev–Trinajstić information content (AvgIpc) is 1.62. The SMILES string of the molecule is CO[C@@H]1[C@H](O[Si](C)(C)C(C)(C)C)[C@@H](CO[P@]2(=O)OC[C@H]3O[C@@H](n4cnc5c(OCc6ccccc6)nc(N(Cc6ccccc6)Cc6ccccc6)nc54)[C@H](OC)[C@@H]3O2)O[C@H]1n1cnc2c(OCc3ccccc3)nc(N(Cc3ccccc3)Cc3ccccc3)nc21. The van der Waals surface area contributed by atoms with Crippen LogP contribution in [0.25, 0.3) is 22.3 Å². The molecule has 0 saturated carbocycles. The van der Waals surface area contributed by atoms with Crippen molar-refractivity contribution in [1.29, 1.82) is 0 Å². The summed E-state index contributed by atoms with van der Waals surface area (Å²) < 4.78 is 84.9. The van der Waals surface area contributed by atoms with Gasteiger partial charge in [-0.15, -0.1) is 0 Å². The van der Waals surface area contributed by atoms with Crippen LogP contribution in [0.1, 0.15) is 66.6 Å². The highest BCUT2D eigenvalue weighted by Crippen LogP contribution is 2.58. The van der Waals surface area contributed by atoms with Crippen LogP contribution < -0.4 is 19.3 Å². The van der Waals surface area contributed by atoms with Crippen LogP contribution in [0, 0.1) is 0 Å². The number of methoxy groups -OCH3 is 2. The van der Waals surface area contributed by atoms with E-state index in [0.29, 0.717) is 66.3 Å². The van der Waals surface area contributed by atoms with Gasteiger partial charge in [-0.1, -0.05) is 203 Å². The third-order valence-corrected chi connectivity index (χ3v) is 23.5. The minimum Gasteiger partial charge on any atom is -0.471 e. The molecule has 6 aromatic carbocycles. The summed E-state index contributed by atoms with van der Waals surface area (Å²) in [5.74, 6) is 1.40. The van der Waals surface area contributed by atoms with Gasteiger partial charge in [0.2, 0.25) is 23.7 Å². The van der Waals surface area contributed by atoms with Gasteiger partial charge in [0.25, 0.3) is 0 Å². The van der Waals surface area contributed by atoms with Gasteiger partial charge in [-0.05, 0) is 51.5 Å². The molecule has 3 fully saturated rings. The Morgan fingerprint density at radius 1 is 0.538 bits per heavy atom. The molecule has 10 aromatic rings. The first-order valence-corrected chi connectivity index (χ1v) is 35.7. The number of fused-ring (bicyclic) bond motifs is 3. The number of phosphoric acid groups is 1. The highest BCUT2D eigenvalue weighted by molar-refractivity contribution is 7.48. The summed E-state index contributed by atoms with van der Waals surface area (Å²) in [7, 11) is -3.84. The molecule has 23 heteroatoms. The number of ether oxygens (including phenoxy) is 6. The van der Waals surface area contributed by atoms with Gasteiger partial charge in [0.1, 0.15) is 49.8 Å². The Hall–Kier alpha value is -8.25. The summed E-state index contributed by atoms with van der Waals surface area (Å²) in [5.41, 5.74) is 7.88. The molecular weight excluding hydrogens is 1220 g/mol. The average molecular weight is 1290 g/mol. The quantitative estimate of drug-likeness (QED) is 0.0385. The smallest absolute Gasteiger partial charge is 0.471 e. The first-order chi connectivity index (χ1) is 45.2. The van der Waals surface area contributed by atoms with E-state index in [4.69, 9.17) is 76.3 Å². The zero-order valence-electron chi connectivity index (χ0n) is 53.2. The van der Waals surface area contributed by atoms with E-state index in [0.717, 1.165) is 33.4 Å². The van der Waals surface area contributed by atoms with E-state index in [1.54, 1.807) is 31.4 Å². The van der Waals surface area contributed by atoms with E-state index in [1.807, 2.05) is 138 Å². The molecule has 21 nitrogen and oxygen atoms in total. The van der Waals surface area contributed by atoms with Gasteiger partial charge in [0.15, 0.2) is 43.1 Å². The summed E-state index contributed by atoms with van der Waals surface area (Å²) in [6.07, 6.45) is -3.43. The lowest BCUT2D eigenvalue weighted by atomic mass is 10.1.